The molecular weight excluding hydrogens is 180 g/mol. The molecule has 0 radical (unpaired) electrons. The molecule has 0 N–H and O–H groups in total. The monoisotopic (exact) mass is 194 g/mol. The van der Waals surface area contributed by atoms with Crippen molar-refractivity contribution >= 4 is 18.7 Å². The lowest BCUT2D eigenvalue weighted by Gasteiger charge is -2.04. The maximum absolute atomic E-state index is 5.46. The van der Waals surface area contributed by atoms with Gasteiger partial charge in [-0.1, -0.05) is 24.8 Å². The number of ether oxygens (including phenoxy) is 1. The van der Waals surface area contributed by atoms with E-state index in [4.69, 9.17) is 4.74 Å². The average Bonchev–Trinajstić information content (AvgIpc) is 2.19. The fourth-order valence-electron chi connectivity index (χ4n) is 0.955. The molecule has 0 atom stereocenters. The van der Waals surface area contributed by atoms with E-state index in [-0.39, 0.29) is 0 Å². The highest BCUT2D eigenvalue weighted by Gasteiger charge is 1.92. The van der Waals surface area contributed by atoms with Crippen molar-refractivity contribution in [1.82, 2.24) is 0 Å². The summed E-state index contributed by atoms with van der Waals surface area (Å²) in [5.41, 5.74) is 1.11. The lowest BCUT2D eigenvalue weighted by Crippen LogP contribution is -1.97. The average molecular weight is 194 g/mol. The molecule has 0 bridgehead atoms. The van der Waals surface area contributed by atoms with Crippen molar-refractivity contribution < 1.29 is 4.74 Å². The van der Waals surface area contributed by atoms with Gasteiger partial charge in [-0.3, -0.25) is 0 Å². The van der Waals surface area contributed by atoms with Crippen LogP contribution in [0.3, 0.4) is 0 Å². The van der Waals surface area contributed by atoms with Gasteiger partial charge in [-0.25, -0.2) is 0 Å². The second-order valence-electron chi connectivity index (χ2n) is 2.70. The Bertz CT molecular complexity index is 253. The highest BCUT2D eigenvalue weighted by atomic mass is 32.1. The van der Waals surface area contributed by atoms with E-state index in [1.165, 1.54) is 0 Å². The van der Waals surface area contributed by atoms with E-state index in [1.54, 1.807) is 0 Å². The molecule has 0 aliphatic heterocycles. The van der Waals surface area contributed by atoms with Gasteiger partial charge in [-0.2, -0.15) is 12.6 Å². The van der Waals surface area contributed by atoms with Crippen LogP contribution in [0.5, 0.6) is 5.75 Å². The summed E-state index contributed by atoms with van der Waals surface area (Å²) in [5.74, 6) is 1.78. The molecule has 0 heterocycles. The van der Waals surface area contributed by atoms with Gasteiger partial charge in [0.15, 0.2) is 0 Å². The number of hydrogen-bond donors (Lipinski definition) is 1. The van der Waals surface area contributed by atoms with Gasteiger partial charge >= 0.3 is 0 Å². The zero-order valence-corrected chi connectivity index (χ0v) is 8.47. The molecule has 0 aliphatic rings. The Morgan fingerprint density at radius 3 is 2.54 bits per heavy atom. The second-order valence-corrected chi connectivity index (χ2v) is 3.15. The summed E-state index contributed by atoms with van der Waals surface area (Å²) in [6, 6.07) is 7.89. The van der Waals surface area contributed by atoms with Gasteiger partial charge in [0.05, 0.1) is 6.61 Å². The van der Waals surface area contributed by atoms with Crippen molar-refractivity contribution in [3.05, 3.63) is 36.4 Å². The lowest BCUT2D eigenvalue weighted by atomic mass is 10.2. The molecule has 0 spiro atoms. The highest BCUT2D eigenvalue weighted by Crippen LogP contribution is 2.12. The van der Waals surface area contributed by atoms with E-state index in [0.717, 1.165) is 30.1 Å². The third-order valence-corrected chi connectivity index (χ3v) is 2.00. The molecule has 0 fully saturated rings. The fraction of sp³-hybridized carbons (Fsp3) is 0.273. The van der Waals surface area contributed by atoms with Crippen LogP contribution >= 0.6 is 12.6 Å². The van der Waals surface area contributed by atoms with Crippen LogP contribution in [0.4, 0.5) is 0 Å². The molecule has 13 heavy (non-hydrogen) atoms. The quantitative estimate of drug-likeness (QED) is 0.560. The van der Waals surface area contributed by atoms with E-state index in [2.05, 4.69) is 19.2 Å². The fourth-order valence-corrected chi connectivity index (χ4v) is 1.08. The minimum absolute atomic E-state index is 0.733. The first-order valence-corrected chi connectivity index (χ1v) is 4.96. The zero-order chi connectivity index (χ0) is 9.52. The SMILES string of the molecule is C=Cc1ccc(OCCCS)cc1. The van der Waals surface area contributed by atoms with Crippen LogP contribution in [0.15, 0.2) is 30.8 Å². The van der Waals surface area contributed by atoms with Crippen molar-refractivity contribution in [3.8, 4) is 5.75 Å². The number of thiol groups is 1. The Morgan fingerprint density at radius 1 is 1.31 bits per heavy atom. The summed E-state index contributed by atoms with van der Waals surface area (Å²) in [7, 11) is 0. The minimum atomic E-state index is 0.733. The van der Waals surface area contributed by atoms with Crippen molar-refractivity contribution in [1.29, 1.82) is 0 Å². The zero-order valence-electron chi connectivity index (χ0n) is 7.57. The molecule has 1 aromatic rings. The third-order valence-electron chi connectivity index (χ3n) is 1.69. The molecule has 1 aromatic carbocycles. The predicted octanol–water partition coefficient (Wildman–Crippen LogP) is 3.03. The standard InChI is InChI=1S/C11H14OS/c1-2-10-4-6-11(7-5-10)12-8-3-9-13/h2,4-7,13H,1,3,8-9H2. The summed E-state index contributed by atoms with van der Waals surface area (Å²) < 4.78 is 5.46. The van der Waals surface area contributed by atoms with E-state index in [0.29, 0.717) is 0 Å². The molecule has 0 saturated heterocycles. The van der Waals surface area contributed by atoms with E-state index in [1.807, 2.05) is 30.3 Å². The molecule has 0 saturated carbocycles. The topological polar surface area (TPSA) is 9.23 Å². The molecule has 0 amide bonds. The van der Waals surface area contributed by atoms with Gasteiger partial charge < -0.3 is 4.74 Å². The van der Waals surface area contributed by atoms with Crippen molar-refractivity contribution in [2.45, 2.75) is 6.42 Å². The molecule has 1 nitrogen and oxygen atoms in total. The van der Waals surface area contributed by atoms with Crippen LogP contribution in [0, 0.1) is 0 Å². The first-order valence-electron chi connectivity index (χ1n) is 4.33. The van der Waals surface area contributed by atoms with Crippen LogP contribution in [0.2, 0.25) is 0 Å². The lowest BCUT2D eigenvalue weighted by molar-refractivity contribution is 0.319. The highest BCUT2D eigenvalue weighted by molar-refractivity contribution is 7.80. The van der Waals surface area contributed by atoms with Gasteiger partial charge in [0.25, 0.3) is 0 Å². The van der Waals surface area contributed by atoms with Crippen LogP contribution in [0.25, 0.3) is 6.08 Å². The molecular formula is C11H14OS. The second kappa shape index (κ2) is 5.70. The van der Waals surface area contributed by atoms with Gasteiger partial charge in [-0.15, -0.1) is 0 Å². The summed E-state index contributed by atoms with van der Waals surface area (Å²) in [4.78, 5) is 0. The maximum Gasteiger partial charge on any atom is 0.119 e. The predicted molar refractivity (Wildman–Crippen MR) is 60.5 cm³/mol. The Hall–Kier alpha value is -0.890. The Morgan fingerprint density at radius 2 is 2.00 bits per heavy atom. The normalized spacial score (nSPS) is 9.62. The molecule has 1 rings (SSSR count). The number of benzene rings is 1. The largest absolute Gasteiger partial charge is 0.494 e. The smallest absolute Gasteiger partial charge is 0.119 e. The summed E-state index contributed by atoms with van der Waals surface area (Å²) >= 11 is 4.11. The molecule has 2 heteroatoms. The van der Waals surface area contributed by atoms with Crippen molar-refractivity contribution in [2.24, 2.45) is 0 Å². The van der Waals surface area contributed by atoms with E-state index >= 15 is 0 Å². The number of hydrogen-bond acceptors (Lipinski definition) is 2. The number of rotatable bonds is 5. The van der Waals surface area contributed by atoms with Gasteiger partial charge in [0.1, 0.15) is 5.75 Å². The first-order chi connectivity index (χ1) is 6.36. The molecule has 0 unspecified atom stereocenters. The molecule has 0 aromatic heterocycles. The maximum atomic E-state index is 5.46. The van der Waals surface area contributed by atoms with Gasteiger partial charge in [0, 0.05) is 0 Å². The third kappa shape index (κ3) is 3.55. The van der Waals surface area contributed by atoms with Gasteiger partial charge in [-0.05, 0) is 29.9 Å². The van der Waals surface area contributed by atoms with Crippen LogP contribution < -0.4 is 4.74 Å². The van der Waals surface area contributed by atoms with Crippen LogP contribution in [-0.4, -0.2) is 12.4 Å². The summed E-state index contributed by atoms with van der Waals surface area (Å²) in [6.07, 6.45) is 2.80. The van der Waals surface area contributed by atoms with Gasteiger partial charge in [0.2, 0.25) is 0 Å². The van der Waals surface area contributed by atoms with Crippen LogP contribution in [-0.2, 0) is 0 Å². The molecule has 0 aliphatic carbocycles. The van der Waals surface area contributed by atoms with E-state index in [9.17, 15) is 0 Å². The molecule has 70 valence electrons. The summed E-state index contributed by atoms with van der Waals surface area (Å²) in [6.45, 7) is 4.42. The Balaban J connectivity index is 2.44. The first kappa shape index (κ1) is 10.2. The van der Waals surface area contributed by atoms with Crippen LogP contribution in [0.1, 0.15) is 12.0 Å². The van der Waals surface area contributed by atoms with E-state index < -0.39 is 0 Å². The Kier molecular flexibility index (Phi) is 4.47. The van der Waals surface area contributed by atoms with Crippen molar-refractivity contribution in [2.75, 3.05) is 12.4 Å². The van der Waals surface area contributed by atoms with Crippen molar-refractivity contribution in [3.63, 3.8) is 0 Å². The Labute approximate surface area is 84.8 Å². The minimum Gasteiger partial charge on any atom is -0.494 e. The summed E-state index contributed by atoms with van der Waals surface area (Å²) in [5, 5.41) is 0.